The summed E-state index contributed by atoms with van der Waals surface area (Å²) in [5.74, 6) is 0. The van der Waals surface area contributed by atoms with E-state index in [0.717, 1.165) is 0 Å². The van der Waals surface area contributed by atoms with E-state index in [-0.39, 0.29) is 45.0 Å². The van der Waals surface area contributed by atoms with Crippen LogP contribution in [0.4, 0.5) is 0 Å². The topological polar surface area (TPSA) is 0 Å². The van der Waals surface area contributed by atoms with E-state index in [2.05, 4.69) is 19.6 Å². The molecule has 0 heterocycles. The van der Waals surface area contributed by atoms with E-state index in [1.165, 1.54) is 0 Å². The van der Waals surface area contributed by atoms with Gasteiger partial charge in [0.1, 0.15) is 0 Å². The molecule has 0 atom stereocenters. The van der Waals surface area contributed by atoms with Crippen LogP contribution < -0.4 is 0 Å². The molecule has 0 saturated carbocycles. The van der Waals surface area contributed by atoms with Crippen LogP contribution in [0.1, 0.15) is 0 Å². The van der Waals surface area contributed by atoms with Crippen LogP contribution in [0.25, 0.3) is 0 Å². The van der Waals surface area contributed by atoms with Crippen molar-refractivity contribution in [3.05, 3.63) is 0 Å². The Morgan fingerprint density at radius 2 is 1.00 bits per heavy atom. The van der Waals surface area contributed by atoms with Crippen molar-refractivity contribution in [1.29, 1.82) is 0 Å². The van der Waals surface area contributed by atoms with Crippen LogP contribution in [0.2, 0.25) is 19.6 Å². The van der Waals surface area contributed by atoms with Crippen LogP contribution in [0.5, 0.6) is 0 Å². The molecule has 0 fully saturated rings. The third-order valence-electron chi connectivity index (χ3n) is 0. The monoisotopic (exact) mass is 112 g/mol. The maximum atomic E-state index is 2.31. The van der Waals surface area contributed by atoms with Crippen molar-refractivity contribution in [2.75, 3.05) is 0 Å². The molecular formula is C3H14AlLiSi. The summed E-state index contributed by atoms with van der Waals surface area (Å²) in [5.41, 5.74) is 0. The van der Waals surface area contributed by atoms with Gasteiger partial charge in [-0.05, 0) is 0 Å². The van der Waals surface area contributed by atoms with Crippen molar-refractivity contribution >= 4 is 45.0 Å². The predicted octanol–water partition coefficient (Wildman–Crippen LogP) is -0.730. The van der Waals surface area contributed by atoms with Crippen LogP contribution in [-0.2, 0) is 0 Å². The van der Waals surface area contributed by atoms with Gasteiger partial charge in [0.2, 0.25) is 0 Å². The van der Waals surface area contributed by atoms with Crippen LogP contribution in [0.3, 0.4) is 0 Å². The Labute approximate surface area is 64.6 Å². The second-order valence-electron chi connectivity index (χ2n) is 1.73. The Morgan fingerprint density at radius 1 is 1.00 bits per heavy atom. The summed E-state index contributed by atoms with van der Waals surface area (Å²) in [6.45, 7) is 6.92. The zero-order valence-electron chi connectivity index (χ0n) is 3.58. The molecule has 0 amide bonds. The quantitative estimate of drug-likeness (QED) is 0.362. The summed E-state index contributed by atoms with van der Waals surface area (Å²) >= 11 is 0. The van der Waals surface area contributed by atoms with E-state index < -0.39 is 0 Å². The van der Waals surface area contributed by atoms with Crippen molar-refractivity contribution in [3.8, 4) is 0 Å². The van der Waals surface area contributed by atoms with Crippen molar-refractivity contribution in [2.45, 2.75) is 19.6 Å². The summed E-state index contributed by atoms with van der Waals surface area (Å²) < 4.78 is 0. The summed E-state index contributed by atoms with van der Waals surface area (Å²) in [5, 5.41) is 0. The van der Waals surface area contributed by atoms with Gasteiger partial charge in [-0.3, -0.25) is 0 Å². The molecule has 0 bridgehead atoms. The van der Waals surface area contributed by atoms with Gasteiger partial charge in [-0.15, -0.1) is 0 Å². The zero-order valence-corrected chi connectivity index (χ0v) is 4.73. The second-order valence-corrected chi connectivity index (χ2v) is 5.20. The molecule has 0 nitrogen and oxygen atoms in total. The van der Waals surface area contributed by atoms with Gasteiger partial charge in [-0.2, -0.15) is 0 Å². The fourth-order valence-corrected chi connectivity index (χ4v) is 0. The van der Waals surface area contributed by atoms with E-state index >= 15 is 0 Å². The van der Waals surface area contributed by atoms with Crippen molar-refractivity contribution < 1.29 is 0 Å². The second kappa shape index (κ2) is 9.60. The maximum absolute atomic E-state index is 2.31. The summed E-state index contributed by atoms with van der Waals surface area (Å²) in [7, 11) is -0.139. The van der Waals surface area contributed by atoms with E-state index in [1.54, 1.807) is 0 Å². The predicted molar refractivity (Wildman–Crippen MR) is 41.8 cm³/mol. The van der Waals surface area contributed by atoms with Gasteiger partial charge in [-0.25, -0.2) is 0 Å². The number of hydrogen-bond donors (Lipinski definition) is 0. The average molecular weight is 112 g/mol. The zero-order chi connectivity index (χ0) is 3.58. The summed E-state index contributed by atoms with van der Waals surface area (Å²) in [6, 6.07) is 0. The molecule has 6 heavy (non-hydrogen) atoms. The first-order valence-electron chi connectivity index (χ1n) is 1.73. The molecule has 0 aliphatic rings. The van der Waals surface area contributed by atoms with E-state index in [1.807, 2.05) is 0 Å². The molecule has 0 aliphatic heterocycles. The molecule has 0 unspecified atom stereocenters. The van der Waals surface area contributed by atoms with Gasteiger partial charge >= 0.3 is 18.9 Å². The molecular weight excluding hydrogens is 98.0 g/mol. The van der Waals surface area contributed by atoms with Crippen LogP contribution in [-0.4, -0.2) is 45.0 Å². The molecule has 0 saturated heterocycles. The molecule has 0 aliphatic carbocycles. The van der Waals surface area contributed by atoms with Gasteiger partial charge in [0.05, 0.1) is 0 Å². The first-order valence-corrected chi connectivity index (χ1v) is 5.20. The van der Waals surface area contributed by atoms with E-state index in [4.69, 9.17) is 0 Å². The van der Waals surface area contributed by atoms with Gasteiger partial charge < -0.3 is 0 Å². The summed E-state index contributed by atoms with van der Waals surface area (Å²) in [4.78, 5) is 0. The minimum atomic E-state index is -0.139. The third-order valence-corrected chi connectivity index (χ3v) is 0. The standard InChI is InChI=1S/C3H10Si.Al.Li.4H/c1-4(2)3;;;;;;/h4H,1-3H3;;;;;;. The van der Waals surface area contributed by atoms with Crippen molar-refractivity contribution in [3.63, 3.8) is 0 Å². The Kier molecular flexibility index (Phi) is 25.1. The Hall–Kier alpha value is 1.35. The Morgan fingerprint density at radius 3 is 1.00 bits per heavy atom. The minimum absolute atomic E-state index is 0. The fraction of sp³-hybridized carbons (Fsp3) is 1.00. The van der Waals surface area contributed by atoms with Crippen LogP contribution >= 0.6 is 0 Å². The van der Waals surface area contributed by atoms with Crippen LogP contribution in [0, 0.1) is 0 Å². The molecule has 0 aromatic rings. The molecule has 0 aromatic carbocycles. The van der Waals surface area contributed by atoms with Crippen molar-refractivity contribution in [2.24, 2.45) is 0 Å². The fourth-order valence-electron chi connectivity index (χ4n) is 0. The molecule has 0 N–H and O–H groups in total. The average Bonchev–Trinajstić information content (AvgIpc) is 0.811. The molecule has 34 valence electrons. The number of hydrogen-bond acceptors (Lipinski definition) is 0. The molecule has 3 heteroatoms. The first-order chi connectivity index (χ1) is 1.73. The molecule has 0 aromatic heterocycles. The van der Waals surface area contributed by atoms with E-state index in [0.29, 0.717) is 0 Å². The number of rotatable bonds is 0. The first kappa shape index (κ1) is 15.7. The Bertz CT molecular complexity index is 15.5. The van der Waals surface area contributed by atoms with Gasteiger partial charge in [0.25, 0.3) is 0 Å². The normalized spacial score (nSPS) is 6.00. The molecule has 0 rings (SSSR count). The van der Waals surface area contributed by atoms with Gasteiger partial charge in [0.15, 0.2) is 17.4 Å². The Balaban J connectivity index is -0.0000000450. The third kappa shape index (κ3) is 55.7. The van der Waals surface area contributed by atoms with Crippen LogP contribution in [0.15, 0.2) is 0 Å². The van der Waals surface area contributed by atoms with Crippen molar-refractivity contribution in [1.82, 2.24) is 0 Å². The molecule has 0 spiro atoms. The van der Waals surface area contributed by atoms with Gasteiger partial charge in [0, 0.05) is 8.80 Å². The van der Waals surface area contributed by atoms with E-state index in [9.17, 15) is 0 Å². The molecule has 0 radical (unpaired) electrons. The SMILES string of the molecule is C[SiH](C)C.[AlH3].[LiH]. The van der Waals surface area contributed by atoms with Gasteiger partial charge in [-0.1, -0.05) is 19.6 Å². The summed E-state index contributed by atoms with van der Waals surface area (Å²) in [6.07, 6.45) is 0.